The molecule has 2 aromatic carbocycles. The molecule has 0 bridgehead atoms. The number of aromatic hydroxyl groups is 1. The summed E-state index contributed by atoms with van der Waals surface area (Å²) in [5.41, 5.74) is 1.31. The van der Waals surface area contributed by atoms with Crippen molar-refractivity contribution in [2.45, 2.75) is 6.54 Å². The van der Waals surface area contributed by atoms with Crippen LogP contribution >= 0.6 is 46.6 Å². The summed E-state index contributed by atoms with van der Waals surface area (Å²) in [6.07, 6.45) is 1.56. The maximum absolute atomic E-state index is 12.5. The lowest BCUT2D eigenvalue weighted by atomic mass is 10.2. The van der Waals surface area contributed by atoms with Crippen molar-refractivity contribution in [3.05, 3.63) is 67.5 Å². The Bertz CT molecular complexity index is 914. The van der Waals surface area contributed by atoms with Crippen LogP contribution in [0.1, 0.15) is 11.1 Å². The first kappa shape index (κ1) is 18.1. The fraction of sp³-hybridized carbons (Fsp3) is 0.0588. The summed E-state index contributed by atoms with van der Waals surface area (Å²) in [5, 5.41) is 10.0. The van der Waals surface area contributed by atoms with Crippen molar-refractivity contribution >= 4 is 63.8 Å². The highest BCUT2D eigenvalue weighted by Gasteiger charge is 2.35. The lowest BCUT2D eigenvalue weighted by Crippen LogP contribution is -2.27. The van der Waals surface area contributed by atoms with Crippen LogP contribution in [-0.2, 0) is 11.3 Å². The monoisotopic (exact) mass is 413 g/mol. The number of thioether (sulfide) groups is 1. The molecule has 3 rings (SSSR count). The molecule has 4 nitrogen and oxygen atoms in total. The predicted octanol–water partition coefficient (Wildman–Crippen LogP) is 5.59. The zero-order chi connectivity index (χ0) is 18.1. The van der Waals surface area contributed by atoms with Crippen LogP contribution < -0.4 is 0 Å². The lowest BCUT2D eigenvalue weighted by Gasteiger charge is -2.12. The van der Waals surface area contributed by atoms with Crippen molar-refractivity contribution in [1.82, 2.24) is 4.90 Å². The maximum Gasteiger partial charge on any atom is 0.293 e. The SMILES string of the molecule is O=C1S/C(=C/c2ccc(O)c(Cl)c2)C(=O)N1Cc1ccc(Cl)c(Cl)c1. The highest BCUT2D eigenvalue weighted by atomic mass is 35.5. The summed E-state index contributed by atoms with van der Waals surface area (Å²) in [5.74, 6) is -0.447. The van der Waals surface area contributed by atoms with Crippen LogP contribution in [0.4, 0.5) is 4.79 Å². The lowest BCUT2D eigenvalue weighted by molar-refractivity contribution is -0.123. The molecule has 25 heavy (non-hydrogen) atoms. The van der Waals surface area contributed by atoms with Gasteiger partial charge in [0.1, 0.15) is 5.75 Å². The molecule has 0 saturated carbocycles. The fourth-order valence-corrected chi connectivity index (χ4v) is 3.57. The number of hydrogen-bond donors (Lipinski definition) is 1. The standard InChI is InChI=1S/C17H10Cl3NO3S/c18-11-3-1-10(6-12(11)19)8-21-16(23)15(25-17(21)24)7-9-2-4-14(22)13(20)5-9/h1-7,22H,8H2/b15-7+. The van der Waals surface area contributed by atoms with Crippen LogP contribution in [-0.4, -0.2) is 21.2 Å². The second-order valence-electron chi connectivity index (χ2n) is 5.23. The highest BCUT2D eigenvalue weighted by Crippen LogP contribution is 2.35. The van der Waals surface area contributed by atoms with Gasteiger partial charge in [-0.25, -0.2) is 0 Å². The minimum atomic E-state index is -0.398. The Morgan fingerprint density at radius 3 is 2.44 bits per heavy atom. The number of benzene rings is 2. The minimum absolute atomic E-state index is 0.0495. The Hall–Kier alpha value is -1.66. The summed E-state index contributed by atoms with van der Waals surface area (Å²) in [4.78, 5) is 26.1. The molecule has 1 fully saturated rings. The van der Waals surface area contributed by atoms with E-state index >= 15 is 0 Å². The zero-order valence-corrected chi connectivity index (χ0v) is 15.6. The van der Waals surface area contributed by atoms with Crippen molar-refractivity contribution in [3.8, 4) is 5.75 Å². The number of carbonyl (C=O) groups is 2. The van der Waals surface area contributed by atoms with E-state index in [-0.39, 0.29) is 27.5 Å². The van der Waals surface area contributed by atoms with E-state index in [1.54, 1.807) is 30.3 Å². The van der Waals surface area contributed by atoms with E-state index in [2.05, 4.69) is 0 Å². The summed E-state index contributed by atoms with van der Waals surface area (Å²) in [7, 11) is 0. The van der Waals surface area contributed by atoms with E-state index in [9.17, 15) is 14.7 Å². The molecule has 0 spiro atoms. The van der Waals surface area contributed by atoms with Crippen LogP contribution in [0, 0.1) is 0 Å². The van der Waals surface area contributed by atoms with Crippen LogP contribution in [0.25, 0.3) is 6.08 Å². The van der Waals surface area contributed by atoms with Crippen LogP contribution in [0.3, 0.4) is 0 Å². The third kappa shape index (κ3) is 3.96. The number of rotatable bonds is 3. The molecule has 1 aliphatic heterocycles. The quantitative estimate of drug-likeness (QED) is 0.665. The Kier molecular flexibility index (Phi) is 5.29. The third-order valence-corrected chi connectivity index (χ3v) is 5.42. The second kappa shape index (κ2) is 7.30. The molecular weight excluding hydrogens is 405 g/mol. The first-order chi connectivity index (χ1) is 11.8. The van der Waals surface area contributed by atoms with Gasteiger partial charge in [-0.15, -0.1) is 0 Å². The van der Waals surface area contributed by atoms with Gasteiger partial charge in [0.15, 0.2) is 0 Å². The van der Waals surface area contributed by atoms with Crippen molar-refractivity contribution in [3.63, 3.8) is 0 Å². The van der Waals surface area contributed by atoms with Gasteiger partial charge >= 0.3 is 0 Å². The van der Waals surface area contributed by atoms with Gasteiger partial charge in [-0.1, -0.05) is 46.9 Å². The van der Waals surface area contributed by atoms with Gasteiger partial charge in [0, 0.05) is 0 Å². The van der Waals surface area contributed by atoms with Crippen molar-refractivity contribution < 1.29 is 14.7 Å². The molecule has 0 aliphatic carbocycles. The van der Waals surface area contributed by atoms with E-state index in [1.165, 1.54) is 12.1 Å². The molecule has 1 N–H and O–H groups in total. The van der Waals surface area contributed by atoms with Crippen molar-refractivity contribution in [1.29, 1.82) is 0 Å². The zero-order valence-electron chi connectivity index (χ0n) is 12.5. The molecule has 0 atom stereocenters. The van der Waals surface area contributed by atoms with Gasteiger partial charge in [-0.05, 0) is 53.2 Å². The Morgan fingerprint density at radius 2 is 1.76 bits per heavy atom. The van der Waals surface area contributed by atoms with Crippen LogP contribution in [0.2, 0.25) is 15.1 Å². The molecule has 0 aromatic heterocycles. The van der Waals surface area contributed by atoms with Crippen molar-refractivity contribution in [2.24, 2.45) is 0 Å². The molecule has 1 heterocycles. The van der Waals surface area contributed by atoms with Gasteiger partial charge in [-0.2, -0.15) is 0 Å². The van der Waals surface area contributed by atoms with Gasteiger partial charge < -0.3 is 5.11 Å². The molecule has 2 aromatic rings. The van der Waals surface area contributed by atoms with E-state index in [4.69, 9.17) is 34.8 Å². The van der Waals surface area contributed by atoms with Crippen LogP contribution in [0.15, 0.2) is 41.3 Å². The summed E-state index contributed by atoms with van der Waals surface area (Å²) >= 11 is 18.5. The Labute approximate surface area is 163 Å². The summed E-state index contributed by atoms with van der Waals surface area (Å²) in [6, 6.07) is 9.50. The van der Waals surface area contributed by atoms with Gasteiger partial charge in [0.2, 0.25) is 0 Å². The first-order valence-electron chi connectivity index (χ1n) is 7.03. The predicted molar refractivity (Wildman–Crippen MR) is 101 cm³/mol. The first-order valence-corrected chi connectivity index (χ1v) is 8.98. The second-order valence-corrected chi connectivity index (χ2v) is 7.44. The molecular formula is C17H10Cl3NO3S. The number of carbonyl (C=O) groups excluding carboxylic acids is 2. The fourth-order valence-electron chi connectivity index (χ4n) is 2.22. The third-order valence-electron chi connectivity index (χ3n) is 3.47. The molecule has 8 heteroatoms. The van der Waals surface area contributed by atoms with Gasteiger partial charge in [0.05, 0.1) is 26.5 Å². The molecule has 128 valence electrons. The largest absolute Gasteiger partial charge is 0.506 e. The number of imide groups is 1. The number of phenolic OH excluding ortho intramolecular Hbond substituents is 1. The van der Waals surface area contributed by atoms with E-state index in [0.29, 0.717) is 21.2 Å². The van der Waals surface area contributed by atoms with Crippen molar-refractivity contribution in [2.75, 3.05) is 0 Å². The smallest absolute Gasteiger partial charge is 0.293 e. The van der Waals surface area contributed by atoms with E-state index < -0.39 is 5.91 Å². The summed E-state index contributed by atoms with van der Waals surface area (Å²) < 4.78 is 0. The van der Waals surface area contributed by atoms with Gasteiger partial charge in [-0.3, -0.25) is 14.5 Å². The summed E-state index contributed by atoms with van der Waals surface area (Å²) in [6.45, 7) is 0.106. The van der Waals surface area contributed by atoms with E-state index in [1.807, 2.05) is 0 Å². The number of hydrogen-bond acceptors (Lipinski definition) is 4. The molecule has 2 amide bonds. The number of phenols is 1. The molecule has 0 unspecified atom stereocenters. The Morgan fingerprint density at radius 1 is 1.00 bits per heavy atom. The Balaban J connectivity index is 1.83. The number of nitrogens with zero attached hydrogens (tertiary/aromatic N) is 1. The van der Waals surface area contributed by atoms with E-state index in [0.717, 1.165) is 16.7 Å². The topological polar surface area (TPSA) is 57.6 Å². The normalized spacial score (nSPS) is 16.1. The number of amides is 2. The maximum atomic E-state index is 12.5. The molecule has 1 saturated heterocycles. The number of halogens is 3. The minimum Gasteiger partial charge on any atom is -0.506 e. The van der Waals surface area contributed by atoms with Crippen LogP contribution in [0.5, 0.6) is 5.75 Å². The highest BCUT2D eigenvalue weighted by molar-refractivity contribution is 8.18. The average Bonchev–Trinajstić information content (AvgIpc) is 2.82. The average molecular weight is 415 g/mol. The molecule has 1 aliphatic rings. The molecule has 0 radical (unpaired) electrons. The van der Waals surface area contributed by atoms with Gasteiger partial charge in [0.25, 0.3) is 11.1 Å².